The Hall–Kier alpha value is -3.21. The van der Waals surface area contributed by atoms with Gasteiger partial charge in [-0.25, -0.2) is 9.97 Å². The minimum absolute atomic E-state index is 0.0737. The van der Waals surface area contributed by atoms with Crippen LogP contribution in [-0.2, 0) is 0 Å². The van der Waals surface area contributed by atoms with E-state index in [2.05, 4.69) is 53.5 Å². The van der Waals surface area contributed by atoms with Gasteiger partial charge in [0.25, 0.3) is 5.91 Å². The first-order valence-electron chi connectivity index (χ1n) is 9.05. The summed E-state index contributed by atoms with van der Waals surface area (Å²) in [6.45, 7) is 6.85. The number of nitrogens with zero attached hydrogens (tertiary/aromatic N) is 2. The van der Waals surface area contributed by atoms with E-state index in [0.717, 1.165) is 16.9 Å². The monoisotopic (exact) mass is 360 g/mol. The van der Waals surface area contributed by atoms with Crippen LogP contribution < -0.4 is 10.6 Å². The van der Waals surface area contributed by atoms with Crippen LogP contribution >= 0.6 is 0 Å². The standard InChI is InChI=1S/C22H24N4O/c1-15(2)13-23-22(27)18-5-4-6-19(11-18)26-21-12-20(24-14-25-21)17-9-7-16(3)8-10-17/h4-12,14-15H,13H2,1-3H3,(H,23,27)(H,24,25,26). The van der Waals surface area contributed by atoms with Gasteiger partial charge in [-0.05, 0) is 31.0 Å². The van der Waals surface area contributed by atoms with Crippen molar-refractivity contribution in [3.05, 3.63) is 72.1 Å². The van der Waals surface area contributed by atoms with Gasteiger partial charge < -0.3 is 10.6 Å². The largest absolute Gasteiger partial charge is 0.352 e. The van der Waals surface area contributed by atoms with E-state index in [9.17, 15) is 4.79 Å². The van der Waals surface area contributed by atoms with Gasteiger partial charge in [0.2, 0.25) is 0 Å². The highest BCUT2D eigenvalue weighted by Crippen LogP contribution is 2.22. The van der Waals surface area contributed by atoms with Gasteiger partial charge in [0.05, 0.1) is 5.69 Å². The maximum atomic E-state index is 12.3. The lowest BCUT2D eigenvalue weighted by molar-refractivity contribution is 0.0949. The minimum Gasteiger partial charge on any atom is -0.352 e. The molecule has 2 aromatic carbocycles. The second-order valence-electron chi connectivity index (χ2n) is 6.96. The SMILES string of the molecule is Cc1ccc(-c2cc(Nc3cccc(C(=O)NCC(C)C)c3)ncn2)cc1. The highest BCUT2D eigenvalue weighted by Gasteiger charge is 2.08. The number of hydrogen-bond acceptors (Lipinski definition) is 4. The first-order chi connectivity index (χ1) is 13.0. The molecule has 3 aromatic rings. The van der Waals surface area contributed by atoms with E-state index < -0.39 is 0 Å². The van der Waals surface area contributed by atoms with E-state index in [0.29, 0.717) is 23.8 Å². The van der Waals surface area contributed by atoms with Crippen molar-refractivity contribution in [2.24, 2.45) is 5.92 Å². The topological polar surface area (TPSA) is 66.9 Å². The van der Waals surface area contributed by atoms with E-state index in [1.807, 2.05) is 36.4 Å². The summed E-state index contributed by atoms with van der Waals surface area (Å²) in [7, 11) is 0. The van der Waals surface area contributed by atoms with Crippen molar-refractivity contribution in [1.29, 1.82) is 0 Å². The van der Waals surface area contributed by atoms with Gasteiger partial charge in [-0.2, -0.15) is 0 Å². The number of anilines is 2. The molecule has 0 aliphatic carbocycles. The maximum absolute atomic E-state index is 12.3. The van der Waals surface area contributed by atoms with E-state index in [4.69, 9.17) is 0 Å². The van der Waals surface area contributed by atoms with E-state index in [-0.39, 0.29) is 5.91 Å². The summed E-state index contributed by atoms with van der Waals surface area (Å²) in [6, 6.07) is 17.5. The summed E-state index contributed by atoms with van der Waals surface area (Å²) in [6.07, 6.45) is 1.54. The highest BCUT2D eigenvalue weighted by molar-refractivity contribution is 5.95. The second kappa shape index (κ2) is 8.45. The molecule has 0 saturated carbocycles. The summed E-state index contributed by atoms with van der Waals surface area (Å²) in [4.78, 5) is 20.9. The lowest BCUT2D eigenvalue weighted by Crippen LogP contribution is -2.27. The van der Waals surface area contributed by atoms with Gasteiger partial charge in [-0.1, -0.05) is 49.7 Å². The number of hydrogen-bond donors (Lipinski definition) is 2. The van der Waals surface area contributed by atoms with Gasteiger partial charge >= 0.3 is 0 Å². The number of aryl methyl sites for hydroxylation is 1. The maximum Gasteiger partial charge on any atom is 0.251 e. The van der Waals surface area contributed by atoms with Crippen LogP contribution in [0.25, 0.3) is 11.3 Å². The quantitative estimate of drug-likeness (QED) is 0.675. The molecule has 0 aliphatic heterocycles. The first-order valence-corrected chi connectivity index (χ1v) is 9.05. The predicted molar refractivity (Wildman–Crippen MR) is 109 cm³/mol. The van der Waals surface area contributed by atoms with E-state index >= 15 is 0 Å². The fourth-order valence-corrected chi connectivity index (χ4v) is 2.59. The molecule has 0 spiro atoms. The molecule has 0 radical (unpaired) electrons. The molecule has 1 heterocycles. The van der Waals surface area contributed by atoms with Crippen molar-refractivity contribution < 1.29 is 4.79 Å². The molecule has 1 amide bonds. The normalized spacial score (nSPS) is 10.7. The molecule has 0 fully saturated rings. The van der Waals surface area contributed by atoms with Crippen LogP contribution in [0.5, 0.6) is 0 Å². The van der Waals surface area contributed by atoms with Crippen LogP contribution in [0, 0.1) is 12.8 Å². The molecule has 0 aliphatic rings. The lowest BCUT2D eigenvalue weighted by atomic mass is 10.1. The Morgan fingerprint density at radius 2 is 1.81 bits per heavy atom. The van der Waals surface area contributed by atoms with Crippen LogP contribution in [0.4, 0.5) is 11.5 Å². The third kappa shape index (κ3) is 5.14. The second-order valence-corrected chi connectivity index (χ2v) is 6.96. The Morgan fingerprint density at radius 1 is 1.04 bits per heavy atom. The molecule has 1 aromatic heterocycles. The zero-order chi connectivity index (χ0) is 19.2. The average Bonchev–Trinajstić information content (AvgIpc) is 2.67. The summed E-state index contributed by atoms with van der Waals surface area (Å²) in [5.74, 6) is 1.02. The summed E-state index contributed by atoms with van der Waals surface area (Å²) < 4.78 is 0. The molecular formula is C22H24N4O. The van der Waals surface area contributed by atoms with Crippen molar-refractivity contribution in [2.45, 2.75) is 20.8 Å². The van der Waals surface area contributed by atoms with Gasteiger partial charge in [-0.3, -0.25) is 4.79 Å². The third-order valence-electron chi connectivity index (χ3n) is 4.08. The molecular weight excluding hydrogens is 336 g/mol. The molecule has 3 rings (SSSR count). The minimum atomic E-state index is -0.0737. The Kier molecular flexibility index (Phi) is 5.81. The molecule has 2 N–H and O–H groups in total. The number of benzene rings is 2. The lowest BCUT2D eigenvalue weighted by Gasteiger charge is -2.10. The fraction of sp³-hybridized carbons (Fsp3) is 0.227. The van der Waals surface area contributed by atoms with Crippen LogP contribution in [0.3, 0.4) is 0 Å². The Bertz CT molecular complexity index is 920. The zero-order valence-electron chi connectivity index (χ0n) is 15.9. The van der Waals surface area contributed by atoms with Crippen LogP contribution in [0.1, 0.15) is 29.8 Å². The van der Waals surface area contributed by atoms with Gasteiger partial charge in [-0.15, -0.1) is 0 Å². The Labute approximate surface area is 159 Å². The van der Waals surface area contributed by atoms with Crippen LogP contribution in [-0.4, -0.2) is 22.4 Å². The molecule has 27 heavy (non-hydrogen) atoms. The van der Waals surface area contributed by atoms with Crippen molar-refractivity contribution in [1.82, 2.24) is 15.3 Å². The number of amides is 1. The number of aromatic nitrogens is 2. The van der Waals surface area contributed by atoms with Gasteiger partial charge in [0, 0.05) is 29.4 Å². The van der Waals surface area contributed by atoms with Crippen molar-refractivity contribution >= 4 is 17.4 Å². The number of rotatable bonds is 6. The van der Waals surface area contributed by atoms with Gasteiger partial charge in [0.1, 0.15) is 12.1 Å². The average molecular weight is 360 g/mol. The molecule has 0 atom stereocenters. The molecule has 0 bridgehead atoms. The molecule has 0 saturated heterocycles. The van der Waals surface area contributed by atoms with Gasteiger partial charge in [0.15, 0.2) is 0 Å². The summed E-state index contributed by atoms with van der Waals surface area (Å²) in [5.41, 5.74) is 4.51. The Morgan fingerprint density at radius 3 is 2.56 bits per heavy atom. The number of carbonyl (C=O) groups is 1. The zero-order valence-corrected chi connectivity index (χ0v) is 15.9. The number of carbonyl (C=O) groups excluding carboxylic acids is 1. The summed E-state index contributed by atoms with van der Waals surface area (Å²) in [5, 5.41) is 6.19. The molecule has 138 valence electrons. The predicted octanol–water partition coefficient (Wildman–Crippen LogP) is 4.58. The van der Waals surface area contributed by atoms with E-state index in [1.54, 1.807) is 6.07 Å². The molecule has 5 heteroatoms. The third-order valence-corrected chi connectivity index (χ3v) is 4.08. The fourth-order valence-electron chi connectivity index (χ4n) is 2.59. The smallest absolute Gasteiger partial charge is 0.251 e. The van der Waals surface area contributed by atoms with E-state index in [1.165, 1.54) is 11.9 Å². The highest BCUT2D eigenvalue weighted by atomic mass is 16.1. The van der Waals surface area contributed by atoms with Crippen LogP contribution in [0.15, 0.2) is 60.9 Å². The molecule has 5 nitrogen and oxygen atoms in total. The summed E-state index contributed by atoms with van der Waals surface area (Å²) >= 11 is 0. The van der Waals surface area contributed by atoms with Crippen molar-refractivity contribution in [3.63, 3.8) is 0 Å². The Balaban J connectivity index is 1.76. The van der Waals surface area contributed by atoms with Crippen molar-refractivity contribution in [3.8, 4) is 11.3 Å². The molecule has 0 unspecified atom stereocenters. The van der Waals surface area contributed by atoms with Crippen LogP contribution in [0.2, 0.25) is 0 Å². The number of nitrogens with one attached hydrogen (secondary N) is 2. The first kappa shape index (κ1) is 18.6. The van der Waals surface area contributed by atoms with Crippen molar-refractivity contribution in [2.75, 3.05) is 11.9 Å².